The van der Waals surface area contributed by atoms with Crippen LogP contribution in [0.3, 0.4) is 0 Å². The highest BCUT2D eigenvalue weighted by molar-refractivity contribution is 4.69. The monoisotopic (exact) mass is 159 g/mol. The zero-order chi connectivity index (χ0) is 8.91. The van der Waals surface area contributed by atoms with Gasteiger partial charge in [-0.2, -0.15) is 0 Å². The van der Waals surface area contributed by atoms with Crippen molar-refractivity contribution in [2.45, 2.75) is 27.2 Å². The number of rotatable bonds is 4. The zero-order valence-electron chi connectivity index (χ0n) is 8.18. The summed E-state index contributed by atoms with van der Waals surface area (Å²) in [6.45, 7) is 8.20. The highest BCUT2D eigenvalue weighted by atomic mass is 16.5. The lowest BCUT2D eigenvalue weighted by Crippen LogP contribution is -2.24. The Kier molecular flexibility index (Phi) is 4.69. The van der Waals surface area contributed by atoms with Crippen LogP contribution in [-0.2, 0) is 4.74 Å². The molecule has 0 heterocycles. The van der Waals surface area contributed by atoms with Crippen LogP contribution in [0.25, 0.3) is 0 Å². The second kappa shape index (κ2) is 4.73. The van der Waals surface area contributed by atoms with Crippen molar-refractivity contribution in [3.63, 3.8) is 0 Å². The fourth-order valence-corrected chi connectivity index (χ4v) is 1.31. The highest BCUT2D eigenvalue weighted by Gasteiger charge is 2.16. The summed E-state index contributed by atoms with van der Waals surface area (Å²) in [5.74, 6) is 0.514. The molecule has 2 N–H and O–H groups in total. The van der Waals surface area contributed by atoms with E-state index >= 15 is 0 Å². The minimum absolute atomic E-state index is 0.364. The fraction of sp³-hybridized carbons (Fsp3) is 1.00. The van der Waals surface area contributed by atoms with E-state index < -0.39 is 0 Å². The smallest absolute Gasteiger partial charge is 0.0502 e. The second-order valence-corrected chi connectivity index (χ2v) is 4.32. The van der Waals surface area contributed by atoms with Crippen LogP contribution in [0.4, 0.5) is 0 Å². The molecule has 2 nitrogen and oxygen atoms in total. The summed E-state index contributed by atoms with van der Waals surface area (Å²) in [6.07, 6.45) is 1.14. The van der Waals surface area contributed by atoms with E-state index in [9.17, 15) is 0 Å². The van der Waals surface area contributed by atoms with Crippen LogP contribution in [0.5, 0.6) is 0 Å². The Hall–Kier alpha value is -0.0800. The molecule has 1 atom stereocenters. The van der Waals surface area contributed by atoms with Gasteiger partial charge in [0.05, 0.1) is 6.61 Å². The third kappa shape index (κ3) is 6.32. The Morgan fingerprint density at radius 1 is 1.36 bits per heavy atom. The number of hydrogen-bond donors (Lipinski definition) is 1. The summed E-state index contributed by atoms with van der Waals surface area (Å²) in [7, 11) is 1.73. The average Bonchev–Trinajstić information content (AvgIpc) is 1.84. The minimum Gasteiger partial charge on any atom is -0.384 e. The molecule has 0 aromatic rings. The quantitative estimate of drug-likeness (QED) is 0.677. The maximum Gasteiger partial charge on any atom is 0.0502 e. The normalized spacial score (nSPS) is 15.0. The first-order valence-corrected chi connectivity index (χ1v) is 4.18. The van der Waals surface area contributed by atoms with Crippen LogP contribution >= 0.6 is 0 Å². The van der Waals surface area contributed by atoms with E-state index in [-0.39, 0.29) is 0 Å². The number of ether oxygens (including phenoxy) is 1. The lowest BCUT2D eigenvalue weighted by molar-refractivity contribution is 0.130. The summed E-state index contributed by atoms with van der Waals surface area (Å²) < 4.78 is 5.06. The first-order valence-electron chi connectivity index (χ1n) is 4.18. The van der Waals surface area contributed by atoms with E-state index in [0.717, 1.165) is 19.6 Å². The molecule has 68 valence electrons. The molecule has 0 aliphatic rings. The Labute approximate surface area is 70.1 Å². The predicted octanol–water partition coefficient (Wildman–Crippen LogP) is 1.64. The first-order chi connectivity index (χ1) is 4.99. The summed E-state index contributed by atoms with van der Waals surface area (Å²) in [5, 5.41) is 0. The maximum atomic E-state index is 5.59. The van der Waals surface area contributed by atoms with Crippen molar-refractivity contribution in [3.05, 3.63) is 0 Å². The molecular formula is C9H21NO. The van der Waals surface area contributed by atoms with Crippen molar-refractivity contribution >= 4 is 0 Å². The Morgan fingerprint density at radius 3 is 2.18 bits per heavy atom. The second-order valence-electron chi connectivity index (χ2n) is 4.32. The lowest BCUT2D eigenvalue weighted by Gasteiger charge is -2.24. The van der Waals surface area contributed by atoms with Gasteiger partial charge in [0.1, 0.15) is 0 Å². The molecule has 0 bridgehead atoms. The Bertz CT molecular complexity index is 96.2. The van der Waals surface area contributed by atoms with Gasteiger partial charge in [0, 0.05) is 7.11 Å². The van der Waals surface area contributed by atoms with Crippen LogP contribution < -0.4 is 5.73 Å². The van der Waals surface area contributed by atoms with Gasteiger partial charge in [-0.1, -0.05) is 20.8 Å². The largest absolute Gasteiger partial charge is 0.384 e. The lowest BCUT2D eigenvalue weighted by atomic mass is 9.85. The molecular weight excluding hydrogens is 138 g/mol. The van der Waals surface area contributed by atoms with Crippen LogP contribution in [0.1, 0.15) is 27.2 Å². The van der Waals surface area contributed by atoms with Crippen molar-refractivity contribution in [3.8, 4) is 0 Å². The van der Waals surface area contributed by atoms with Gasteiger partial charge in [-0.05, 0) is 24.3 Å². The van der Waals surface area contributed by atoms with Gasteiger partial charge in [-0.3, -0.25) is 0 Å². The molecule has 0 saturated heterocycles. The molecule has 0 rings (SSSR count). The van der Waals surface area contributed by atoms with Crippen molar-refractivity contribution in [2.24, 2.45) is 17.1 Å². The van der Waals surface area contributed by atoms with E-state index in [4.69, 9.17) is 10.5 Å². The summed E-state index contributed by atoms with van der Waals surface area (Å²) in [5.41, 5.74) is 5.95. The topological polar surface area (TPSA) is 35.2 Å². The predicted molar refractivity (Wildman–Crippen MR) is 48.5 cm³/mol. The number of methoxy groups -OCH3 is 1. The van der Waals surface area contributed by atoms with Crippen molar-refractivity contribution < 1.29 is 4.74 Å². The molecule has 2 heteroatoms. The summed E-state index contributed by atoms with van der Waals surface area (Å²) in [4.78, 5) is 0. The van der Waals surface area contributed by atoms with Gasteiger partial charge in [0.2, 0.25) is 0 Å². The van der Waals surface area contributed by atoms with Gasteiger partial charge >= 0.3 is 0 Å². The number of nitrogens with two attached hydrogens (primary N) is 1. The van der Waals surface area contributed by atoms with Gasteiger partial charge in [-0.15, -0.1) is 0 Å². The molecule has 0 aromatic carbocycles. The molecule has 11 heavy (non-hydrogen) atoms. The van der Waals surface area contributed by atoms with Crippen LogP contribution in [-0.4, -0.2) is 20.3 Å². The summed E-state index contributed by atoms with van der Waals surface area (Å²) >= 11 is 0. The van der Waals surface area contributed by atoms with E-state index in [0.29, 0.717) is 11.3 Å². The number of hydrogen-bond acceptors (Lipinski definition) is 2. The molecule has 0 radical (unpaired) electrons. The van der Waals surface area contributed by atoms with E-state index in [1.807, 2.05) is 0 Å². The average molecular weight is 159 g/mol. The molecule has 0 aromatic heterocycles. The van der Waals surface area contributed by atoms with Gasteiger partial charge in [-0.25, -0.2) is 0 Å². The van der Waals surface area contributed by atoms with Crippen LogP contribution in [0.2, 0.25) is 0 Å². The van der Waals surface area contributed by atoms with E-state index in [1.165, 1.54) is 0 Å². The van der Waals surface area contributed by atoms with E-state index in [2.05, 4.69) is 20.8 Å². The molecule has 0 spiro atoms. The van der Waals surface area contributed by atoms with Crippen LogP contribution in [0.15, 0.2) is 0 Å². The third-order valence-corrected chi connectivity index (χ3v) is 1.64. The van der Waals surface area contributed by atoms with Crippen molar-refractivity contribution in [2.75, 3.05) is 20.3 Å². The molecule has 1 unspecified atom stereocenters. The standard InChI is InChI=1S/C9H21NO/c1-9(2,3)5-8(6-10)7-11-4/h8H,5-7,10H2,1-4H3. The fourth-order valence-electron chi connectivity index (χ4n) is 1.31. The molecule has 0 fully saturated rings. The van der Waals surface area contributed by atoms with Crippen LogP contribution in [0, 0.1) is 11.3 Å². The van der Waals surface area contributed by atoms with Gasteiger partial charge < -0.3 is 10.5 Å². The molecule has 0 amide bonds. The summed E-state index contributed by atoms with van der Waals surface area (Å²) in [6, 6.07) is 0. The maximum absolute atomic E-state index is 5.59. The van der Waals surface area contributed by atoms with Gasteiger partial charge in [0.15, 0.2) is 0 Å². The Morgan fingerprint density at radius 2 is 1.91 bits per heavy atom. The molecule has 0 aliphatic heterocycles. The Balaban J connectivity index is 3.68. The highest BCUT2D eigenvalue weighted by Crippen LogP contribution is 2.23. The SMILES string of the molecule is COCC(CN)CC(C)(C)C. The van der Waals surface area contributed by atoms with E-state index in [1.54, 1.807) is 7.11 Å². The zero-order valence-corrected chi connectivity index (χ0v) is 8.18. The van der Waals surface area contributed by atoms with Crippen molar-refractivity contribution in [1.29, 1.82) is 0 Å². The van der Waals surface area contributed by atoms with Gasteiger partial charge in [0.25, 0.3) is 0 Å². The van der Waals surface area contributed by atoms with Crippen molar-refractivity contribution in [1.82, 2.24) is 0 Å². The first kappa shape index (κ1) is 10.9. The molecule has 0 saturated carbocycles. The molecule has 0 aliphatic carbocycles. The third-order valence-electron chi connectivity index (χ3n) is 1.64. The minimum atomic E-state index is 0.364.